The Labute approximate surface area is 157 Å². The van der Waals surface area contributed by atoms with E-state index in [9.17, 15) is 19.2 Å². The quantitative estimate of drug-likeness (QED) is 0.560. The summed E-state index contributed by atoms with van der Waals surface area (Å²) < 4.78 is 10.4. The van der Waals surface area contributed by atoms with Crippen LogP contribution in [0.2, 0.25) is 0 Å². The smallest absolute Gasteiger partial charge is 0.369 e. The molecule has 7 nitrogen and oxygen atoms in total. The summed E-state index contributed by atoms with van der Waals surface area (Å²) in [5, 5.41) is 0. The van der Waals surface area contributed by atoms with Crippen LogP contribution in [0.1, 0.15) is 49.4 Å². The lowest BCUT2D eigenvalue weighted by molar-refractivity contribution is -0.187. The Balaban J connectivity index is 1.81. The van der Waals surface area contributed by atoms with E-state index in [0.29, 0.717) is 12.8 Å². The lowest BCUT2D eigenvalue weighted by atomic mass is 9.77. The zero-order valence-corrected chi connectivity index (χ0v) is 15.3. The predicted molar refractivity (Wildman–Crippen MR) is 94.5 cm³/mol. The van der Waals surface area contributed by atoms with Crippen molar-refractivity contribution in [3.8, 4) is 0 Å². The van der Waals surface area contributed by atoms with Gasteiger partial charge in [-0.15, -0.1) is 0 Å². The van der Waals surface area contributed by atoms with E-state index in [1.54, 1.807) is 37.3 Å². The Morgan fingerprint density at radius 3 is 2.56 bits per heavy atom. The van der Waals surface area contributed by atoms with Crippen molar-refractivity contribution in [3.63, 3.8) is 0 Å². The molecule has 1 saturated carbocycles. The van der Waals surface area contributed by atoms with Crippen LogP contribution in [0.5, 0.6) is 0 Å². The molecular formula is C20H23NO6. The van der Waals surface area contributed by atoms with Gasteiger partial charge in [0.05, 0.1) is 18.2 Å². The van der Waals surface area contributed by atoms with Gasteiger partial charge in [0.2, 0.25) is 5.91 Å². The van der Waals surface area contributed by atoms with Crippen molar-refractivity contribution in [3.05, 3.63) is 35.9 Å². The van der Waals surface area contributed by atoms with Gasteiger partial charge in [-0.2, -0.15) is 0 Å². The van der Waals surface area contributed by atoms with Crippen LogP contribution in [0.4, 0.5) is 0 Å². The van der Waals surface area contributed by atoms with Crippen molar-refractivity contribution in [1.82, 2.24) is 4.90 Å². The Bertz CT molecular complexity index is 731. The molecule has 0 spiro atoms. The van der Waals surface area contributed by atoms with Gasteiger partial charge in [-0.3, -0.25) is 14.5 Å². The lowest BCUT2D eigenvalue weighted by Crippen LogP contribution is -2.64. The molecule has 1 saturated heterocycles. The summed E-state index contributed by atoms with van der Waals surface area (Å²) in [5.41, 5.74) is 0.269. The Hall–Kier alpha value is -2.70. The standard InChI is InChI=1S/C20H23NO6/c1-2-26-20(25)18(27-19(24)13-8-4-3-5-9-13)21-15(12-17(21)23)14-10-6-7-11-16(14)22/h3-5,8-9,14-15,18H,2,6-7,10-12H2,1H3/t14-,15-,18?/m0/s1. The topological polar surface area (TPSA) is 90.0 Å². The molecule has 1 aromatic rings. The molecule has 1 aromatic carbocycles. The average molecular weight is 373 g/mol. The molecule has 3 atom stereocenters. The van der Waals surface area contributed by atoms with E-state index >= 15 is 0 Å². The van der Waals surface area contributed by atoms with Crippen LogP contribution in [0.25, 0.3) is 0 Å². The number of β-lactam (4-membered cyclic amide) rings is 1. The van der Waals surface area contributed by atoms with Gasteiger partial charge in [0.1, 0.15) is 5.78 Å². The zero-order chi connectivity index (χ0) is 19.4. The summed E-state index contributed by atoms with van der Waals surface area (Å²) in [6.07, 6.45) is 1.61. The molecule has 1 heterocycles. The molecule has 3 rings (SSSR count). The van der Waals surface area contributed by atoms with Gasteiger partial charge in [0.15, 0.2) is 0 Å². The highest BCUT2D eigenvalue weighted by Gasteiger charge is 2.51. The molecule has 1 aliphatic heterocycles. The number of amides is 1. The molecule has 1 amide bonds. The first-order valence-electron chi connectivity index (χ1n) is 9.29. The molecule has 0 aromatic heterocycles. The third kappa shape index (κ3) is 4.02. The molecule has 27 heavy (non-hydrogen) atoms. The number of carbonyl (C=O) groups is 4. The molecule has 2 aliphatic rings. The van der Waals surface area contributed by atoms with E-state index < -0.39 is 24.2 Å². The molecule has 0 bridgehead atoms. The lowest BCUT2D eigenvalue weighted by Gasteiger charge is -2.47. The average Bonchev–Trinajstić information content (AvgIpc) is 2.67. The van der Waals surface area contributed by atoms with E-state index in [0.717, 1.165) is 12.8 Å². The Morgan fingerprint density at radius 1 is 1.19 bits per heavy atom. The third-order valence-corrected chi connectivity index (χ3v) is 5.06. The fourth-order valence-electron chi connectivity index (χ4n) is 3.69. The third-order valence-electron chi connectivity index (χ3n) is 5.06. The van der Waals surface area contributed by atoms with Gasteiger partial charge in [0, 0.05) is 18.8 Å². The fraction of sp³-hybridized carbons (Fsp3) is 0.500. The van der Waals surface area contributed by atoms with Gasteiger partial charge in [-0.1, -0.05) is 24.6 Å². The number of esters is 2. The molecule has 144 valence electrons. The molecule has 2 fully saturated rings. The van der Waals surface area contributed by atoms with Gasteiger partial charge < -0.3 is 9.47 Å². The summed E-state index contributed by atoms with van der Waals surface area (Å²) in [4.78, 5) is 50.6. The van der Waals surface area contributed by atoms with E-state index in [1.165, 1.54) is 4.90 Å². The van der Waals surface area contributed by atoms with Crippen molar-refractivity contribution in [2.24, 2.45) is 5.92 Å². The Kier molecular flexibility index (Phi) is 5.88. The maximum absolute atomic E-state index is 12.4. The molecule has 0 N–H and O–H groups in total. The normalized spacial score (nSPS) is 23.4. The van der Waals surface area contributed by atoms with Gasteiger partial charge in [-0.25, -0.2) is 9.59 Å². The summed E-state index contributed by atoms with van der Waals surface area (Å²) in [7, 11) is 0. The van der Waals surface area contributed by atoms with Crippen LogP contribution in [-0.4, -0.2) is 47.4 Å². The second kappa shape index (κ2) is 8.33. The van der Waals surface area contributed by atoms with Crippen molar-refractivity contribution >= 4 is 23.6 Å². The minimum atomic E-state index is -1.47. The molecular weight excluding hydrogens is 350 g/mol. The SMILES string of the molecule is CCOC(=O)C(OC(=O)c1ccccc1)N1C(=O)C[C@H]1[C@@H]1CCCCC1=O. The fourth-order valence-corrected chi connectivity index (χ4v) is 3.69. The molecule has 7 heteroatoms. The Morgan fingerprint density at radius 2 is 1.93 bits per heavy atom. The summed E-state index contributed by atoms with van der Waals surface area (Å²) >= 11 is 0. The van der Waals surface area contributed by atoms with Crippen molar-refractivity contribution in [2.45, 2.75) is 51.3 Å². The molecule has 1 unspecified atom stereocenters. The zero-order valence-electron chi connectivity index (χ0n) is 15.3. The number of likely N-dealkylation sites (tertiary alicyclic amines) is 1. The van der Waals surface area contributed by atoms with Gasteiger partial charge in [0.25, 0.3) is 6.23 Å². The van der Waals surface area contributed by atoms with E-state index in [1.807, 2.05) is 0 Å². The van der Waals surface area contributed by atoms with E-state index in [2.05, 4.69) is 0 Å². The van der Waals surface area contributed by atoms with Crippen LogP contribution in [0.3, 0.4) is 0 Å². The second-order valence-electron chi connectivity index (χ2n) is 6.77. The first-order valence-corrected chi connectivity index (χ1v) is 9.29. The summed E-state index contributed by atoms with van der Waals surface area (Å²) in [6.45, 7) is 1.72. The number of hydrogen-bond donors (Lipinski definition) is 0. The van der Waals surface area contributed by atoms with E-state index in [4.69, 9.17) is 9.47 Å². The minimum absolute atomic E-state index is 0.0906. The van der Waals surface area contributed by atoms with Crippen LogP contribution in [0, 0.1) is 5.92 Å². The summed E-state index contributed by atoms with van der Waals surface area (Å²) in [5.74, 6) is -2.06. The van der Waals surface area contributed by atoms with Crippen molar-refractivity contribution in [2.75, 3.05) is 6.61 Å². The first kappa shape index (κ1) is 19.1. The highest BCUT2D eigenvalue weighted by molar-refractivity contribution is 5.95. The number of Topliss-reactive ketones (excluding diaryl/α,β-unsaturated/α-hetero) is 1. The number of rotatable bonds is 6. The number of ketones is 1. The van der Waals surface area contributed by atoms with Crippen molar-refractivity contribution < 1.29 is 28.7 Å². The number of ether oxygens (including phenoxy) is 2. The predicted octanol–water partition coefficient (Wildman–Crippen LogP) is 2.09. The van der Waals surface area contributed by atoms with Crippen LogP contribution in [0.15, 0.2) is 30.3 Å². The first-order chi connectivity index (χ1) is 13.0. The number of hydrogen-bond acceptors (Lipinski definition) is 6. The summed E-state index contributed by atoms with van der Waals surface area (Å²) in [6, 6.07) is 7.80. The number of benzene rings is 1. The second-order valence-corrected chi connectivity index (χ2v) is 6.77. The minimum Gasteiger partial charge on any atom is -0.462 e. The highest BCUT2D eigenvalue weighted by Crippen LogP contribution is 2.36. The van der Waals surface area contributed by atoms with Gasteiger partial charge >= 0.3 is 11.9 Å². The van der Waals surface area contributed by atoms with E-state index in [-0.39, 0.29) is 36.2 Å². The monoisotopic (exact) mass is 373 g/mol. The largest absolute Gasteiger partial charge is 0.462 e. The number of carbonyl (C=O) groups excluding carboxylic acids is 4. The molecule has 1 aliphatic carbocycles. The van der Waals surface area contributed by atoms with Gasteiger partial charge in [-0.05, 0) is 31.9 Å². The maximum atomic E-state index is 12.4. The maximum Gasteiger partial charge on any atom is 0.369 e. The number of nitrogens with zero attached hydrogens (tertiary/aromatic N) is 1. The van der Waals surface area contributed by atoms with Crippen LogP contribution in [-0.2, 0) is 23.9 Å². The molecule has 0 radical (unpaired) electrons. The highest BCUT2D eigenvalue weighted by atomic mass is 16.6. The van der Waals surface area contributed by atoms with Crippen LogP contribution >= 0.6 is 0 Å². The van der Waals surface area contributed by atoms with Crippen molar-refractivity contribution in [1.29, 1.82) is 0 Å². The van der Waals surface area contributed by atoms with Crippen LogP contribution < -0.4 is 0 Å².